The molecule has 1 atom stereocenters. The van der Waals surface area contributed by atoms with Crippen molar-refractivity contribution in [2.24, 2.45) is 0 Å². The maximum atomic E-state index is 10.8. The molecule has 17 heteroatoms. The van der Waals surface area contributed by atoms with Crippen LogP contribution in [0.4, 0.5) is 19.0 Å². The zero-order valence-electron chi connectivity index (χ0n) is 22.7. The molecular weight excluding hydrogens is 601 g/mol. The largest absolute Gasteiger partial charge is 0.490 e. The van der Waals surface area contributed by atoms with Gasteiger partial charge in [0.2, 0.25) is 0 Å². The van der Waals surface area contributed by atoms with Gasteiger partial charge < -0.3 is 39.3 Å². The van der Waals surface area contributed by atoms with Crippen molar-refractivity contribution in [2.75, 3.05) is 26.3 Å². The second-order valence-electron chi connectivity index (χ2n) is 9.29. The molecule has 0 unspecified atom stereocenters. The fourth-order valence-electron chi connectivity index (χ4n) is 4.18. The molecule has 0 saturated carbocycles. The molecule has 0 bridgehead atoms. The number of halogens is 4. The van der Waals surface area contributed by atoms with Gasteiger partial charge >= 0.3 is 24.0 Å². The summed E-state index contributed by atoms with van der Waals surface area (Å²) in [4.78, 5) is 27.1. The predicted octanol–water partition coefficient (Wildman–Crippen LogP) is 4.12. The van der Waals surface area contributed by atoms with Crippen molar-refractivity contribution in [1.82, 2.24) is 24.4 Å². The highest BCUT2D eigenvalue weighted by atomic mass is 35.5. The first-order chi connectivity index (χ1) is 20.1. The van der Waals surface area contributed by atoms with Crippen LogP contribution in [0.3, 0.4) is 0 Å². The Bertz CT molecular complexity index is 1370. The summed E-state index contributed by atoms with van der Waals surface area (Å²) in [5, 5.41) is 21.2. The van der Waals surface area contributed by atoms with Gasteiger partial charge in [0.1, 0.15) is 24.7 Å². The summed E-state index contributed by atoms with van der Waals surface area (Å²) >= 11 is 0. The summed E-state index contributed by atoms with van der Waals surface area (Å²) in [6.45, 7) is 4.81. The zero-order chi connectivity index (χ0) is 30.1. The molecule has 2 aromatic heterocycles. The predicted molar refractivity (Wildman–Crippen MR) is 149 cm³/mol. The quantitative estimate of drug-likeness (QED) is 0.311. The highest BCUT2D eigenvalue weighted by molar-refractivity contribution is 5.85. The number of fused-ring (bicyclic) bond motifs is 2. The van der Waals surface area contributed by atoms with Crippen molar-refractivity contribution < 1.29 is 42.2 Å². The molecule has 3 aliphatic heterocycles. The van der Waals surface area contributed by atoms with Gasteiger partial charge in [-0.3, -0.25) is 4.57 Å². The summed E-state index contributed by atoms with van der Waals surface area (Å²) < 4.78 is 52.2. The minimum absolute atomic E-state index is 0. The second kappa shape index (κ2) is 15.2. The third kappa shape index (κ3) is 9.61. The summed E-state index contributed by atoms with van der Waals surface area (Å²) in [6.07, 6.45) is 4.93. The molecule has 234 valence electrons. The van der Waals surface area contributed by atoms with E-state index >= 15 is 0 Å². The summed E-state index contributed by atoms with van der Waals surface area (Å²) in [5.41, 5.74) is 2.58. The van der Waals surface area contributed by atoms with Gasteiger partial charge in [0.15, 0.2) is 0 Å². The number of carbonyl (C=O) groups is 1. The minimum Gasteiger partial charge on any atom is -0.490 e. The molecule has 0 amide bonds. The van der Waals surface area contributed by atoms with E-state index in [1.54, 1.807) is 10.8 Å². The molecule has 0 saturated heterocycles. The van der Waals surface area contributed by atoms with E-state index in [1.807, 2.05) is 22.9 Å². The number of carboxylic acid groups (broad SMARTS) is 1. The van der Waals surface area contributed by atoms with Crippen LogP contribution in [0.1, 0.15) is 24.8 Å². The van der Waals surface area contributed by atoms with Gasteiger partial charge in [0.05, 0.1) is 6.61 Å². The third-order valence-electron chi connectivity index (χ3n) is 6.30. The topological polar surface area (TPSA) is 156 Å². The number of rotatable bonds is 5. The average molecular weight is 631 g/mol. The summed E-state index contributed by atoms with van der Waals surface area (Å²) in [7, 11) is 0. The molecule has 1 aromatic carbocycles. The number of aryl methyl sites for hydroxylation is 2. The number of alkyl halides is 3. The van der Waals surface area contributed by atoms with Crippen molar-refractivity contribution in [2.45, 2.75) is 44.6 Å². The molecule has 3 aromatic rings. The van der Waals surface area contributed by atoms with Crippen LogP contribution in [0, 0.1) is 10.1 Å². The summed E-state index contributed by atoms with van der Waals surface area (Å²) in [5.74, 6) is -2.16. The first-order valence-corrected chi connectivity index (χ1v) is 13.1. The lowest BCUT2D eigenvalue weighted by atomic mass is 10.0. The van der Waals surface area contributed by atoms with Gasteiger partial charge in [-0.05, 0) is 47.6 Å². The Morgan fingerprint density at radius 3 is 2.58 bits per heavy atom. The number of nitro groups is 1. The van der Waals surface area contributed by atoms with Gasteiger partial charge in [-0.25, -0.2) is 9.78 Å². The van der Waals surface area contributed by atoms with Gasteiger partial charge in [0, 0.05) is 43.4 Å². The SMILES string of the molecule is Cl.O=C(O)C(F)(F)F.O=[N+]([O-])c1cn2c(n1)O[C@@H](COc1ccc(C3=CCNCC3)cc1)CC2.c1cn2c(n1)OCCC2. The molecule has 0 aliphatic carbocycles. The Labute approximate surface area is 249 Å². The number of aliphatic carboxylic acids is 1. The van der Waals surface area contributed by atoms with E-state index in [0.717, 1.165) is 57.3 Å². The molecule has 0 radical (unpaired) electrons. The lowest BCUT2D eigenvalue weighted by Crippen LogP contribution is -2.31. The number of nitrogens with one attached hydrogen (secondary N) is 1. The zero-order valence-corrected chi connectivity index (χ0v) is 23.6. The Morgan fingerprint density at radius 1 is 1.21 bits per heavy atom. The highest BCUT2D eigenvalue weighted by Crippen LogP contribution is 2.26. The molecule has 13 nitrogen and oxygen atoms in total. The molecule has 6 rings (SSSR count). The summed E-state index contributed by atoms with van der Waals surface area (Å²) in [6, 6.07) is 9.12. The molecule has 43 heavy (non-hydrogen) atoms. The van der Waals surface area contributed by atoms with Crippen molar-refractivity contribution in [1.29, 1.82) is 0 Å². The fraction of sp³-hybridized carbons (Fsp3) is 0.423. The van der Waals surface area contributed by atoms with E-state index in [4.69, 9.17) is 24.1 Å². The molecule has 0 spiro atoms. The Morgan fingerprint density at radius 2 is 1.95 bits per heavy atom. The van der Waals surface area contributed by atoms with Gasteiger partial charge in [-0.15, -0.1) is 12.4 Å². The standard InChI is InChI=1S/C18H20N4O4.C6H8N2O.C2HF3O2.ClH/c23-22(24)17-11-21-10-7-16(26-18(21)20-17)12-25-15-3-1-13(2-4-15)14-5-8-19-9-6-14;1-3-8-4-2-7-6(8)9-5-1;3-2(4,5)1(6)7;/h1-5,11,16,19H,6-10,12H2;2,4H,1,3,5H2;(H,6,7);1H/t16-;;;/m1.../s1. The van der Waals surface area contributed by atoms with Crippen molar-refractivity contribution in [3.8, 4) is 17.8 Å². The first-order valence-electron chi connectivity index (χ1n) is 13.1. The highest BCUT2D eigenvalue weighted by Gasteiger charge is 2.38. The maximum Gasteiger partial charge on any atom is 0.490 e. The van der Waals surface area contributed by atoms with Crippen LogP contribution in [-0.2, 0) is 17.9 Å². The molecule has 5 heterocycles. The van der Waals surface area contributed by atoms with E-state index in [1.165, 1.54) is 17.3 Å². The van der Waals surface area contributed by atoms with E-state index < -0.39 is 17.1 Å². The number of ether oxygens (including phenoxy) is 3. The van der Waals surface area contributed by atoms with Gasteiger partial charge in [-0.1, -0.05) is 18.2 Å². The van der Waals surface area contributed by atoms with Crippen molar-refractivity contribution >= 4 is 29.8 Å². The monoisotopic (exact) mass is 630 g/mol. The number of aromatic nitrogens is 4. The third-order valence-corrected chi connectivity index (χ3v) is 6.30. The number of hydrogen-bond acceptors (Lipinski definition) is 9. The van der Waals surface area contributed by atoms with Gasteiger partial charge in [0.25, 0.3) is 6.01 Å². The van der Waals surface area contributed by atoms with Crippen LogP contribution in [0.15, 0.2) is 48.9 Å². The van der Waals surface area contributed by atoms with Crippen LogP contribution < -0.4 is 19.5 Å². The van der Waals surface area contributed by atoms with Crippen LogP contribution in [0.5, 0.6) is 17.8 Å². The second-order valence-corrected chi connectivity index (χ2v) is 9.29. The number of imidazole rings is 2. The maximum absolute atomic E-state index is 10.8. The van der Waals surface area contributed by atoms with Crippen molar-refractivity contribution in [3.05, 3.63) is 64.6 Å². The minimum atomic E-state index is -5.08. The molecular formula is C26H30ClF3N6O7. The smallest absolute Gasteiger partial charge is 0.490 e. The van der Waals surface area contributed by atoms with Crippen LogP contribution in [0.2, 0.25) is 0 Å². The normalized spacial score (nSPS) is 16.9. The molecule has 2 N–H and O–H groups in total. The average Bonchev–Trinajstić information content (AvgIpc) is 3.64. The number of carboxylic acids is 1. The molecule has 3 aliphatic rings. The lowest BCUT2D eigenvalue weighted by molar-refractivity contribution is -0.389. The lowest BCUT2D eigenvalue weighted by Gasteiger charge is -2.22. The number of nitrogens with zero attached hydrogens (tertiary/aromatic N) is 5. The Kier molecular flexibility index (Phi) is 11.8. The Balaban J connectivity index is 0.000000244. The fourth-order valence-corrected chi connectivity index (χ4v) is 4.18. The van der Waals surface area contributed by atoms with Crippen molar-refractivity contribution in [3.63, 3.8) is 0 Å². The van der Waals surface area contributed by atoms with E-state index in [9.17, 15) is 23.3 Å². The Hall–Kier alpha value is -4.31. The van der Waals surface area contributed by atoms with Gasteiger partial charge in [-0.2, -0.15) is 13.2 Å². The molecule has 0 fully saturated rings. The number of benzene rings is 1. The van der Waals surface area contributed by atoms with E-state index in [-0.39, 0.29) is 30.3 Å². The van der Waals surface area contributed by atoms with E-state index in [0.29, 0.717) is 13.2 Å². The van der Waals surface area contributed by atoms with E-state index in [2.05, 4.69) is 33.5 Å². The van der Waals surface area contributed by atoms with Crippen LogP contribution >= 0.6 is 12.4 Å². The van der Waals surface area contributed by atoms with Crippen LogP contribution in [0.25, 0.3) is 5.57 Å². The van der Waals surface area contributed by atoms with Crippen LogP contribution in [-0.4, -0.2) is 73.7 Å². The first kappa shape index (κ1) is 33.2. The number of hydrogen-bond donors (Lipinski definition) is 2.